The van der Waals surface area contributed by atoms with Gasteiger partial charge in [0.25, 0.3) is 0 Å². The number of methoxy groups -OCH3 is 2. The van der Waals surface area contributed by atoms with Crippen molar-refractivity contribution < 1.29 is 33.1 Å². The first-order valence-electron chi connectivity index (χ1n) is 9.81. The fraction of sp³-hybridized carbons (Fsp3) is 0.619. The zero-order chi connectivity index (χ0) is 22.9. The SMILES string of the molecule is COC(=O)[C@H](NC(=O)OC(C)(C)C)c1ccc(OC)c(B2OC(C)(C)C(C)(C)O2)c1. The lowest BCUT2D eigenvalue weighted by molar-refractivity contribution is -0.143. The quantitative estimate of drug-likeness (QED) is 0.577. The first-order valence-corrected chi connectivity index (χ1v) is 9.81. The molecule has 1 atom stereocenters. The van der Waals surface area contributed by atoms with E-state index in [2.05, 4.69) is 5.32 Å². The number of esters is 1. The van der Waals surface area contributed by atoms with E-state index in [0.717, 1.165) is 0 Å². The Labute approximate surface area is 178 Å². The Kier molecular flexibility index (Phi) is 6.78. The fourth-order valence-corrected chi connectivity index (χ4v) is 2.91. The van der Waals surface area contributed by atoms with Gasteiger partial charge in [-0.15, -0.1) is 0 Å². The summed E-state index contributed by atoms with van der Waals surface area (Å²) < 4.78 is 27.9. The van der Waals surface area contributed by atoms with E-state index in [9.17, 15) is 9.59 Å². The van der Waals surface area contributed by atoms with Crippen molar-refractivity contribution in [3.63, 3.8) is 0 Å². The molecule has 0 aliphatic carbocycles. The monoisotopic (exact) mass is 421 g/mol. The second-order valence-electron chi connectivity index (χ2n) is 9.19. The number of alkyl carbamates (subject to hydrolysis) is 1. The Hall–Kier alpha value is -2.26. The molecule has 1 fully saturated rings. The second-order valence-corrected chi connectivity index (χ2v) is 9.19. The van der Waals surface area contributed by atoms with Crippen LogP contribution in [0.5, 0.6) is 5.75 Å². The molecule has 0 saturated carbocycles. The summed E-state index contributed by atoms with van der Waals surface area (Å²) in [5.41, 5.74) is -0.713. The molecule has 1 aliphatic rings. The van der Waals surface area contributed by atoms with Crippen LogP contribution in [0.25, 0.3) is 0 Å². The Morgan fingerprint density at radius 3 is 2.10 bits per heavy atom. The second kappa shape index (κ2) is 8.47. The lowest BCUT2D eigenvalue weighted by atomic mass is 9.77. The highest BCUT2D eigenvalue weighted by molar-refractivity contribution is 6.63. The molecule has 1 amide bonds. The van der Waals surface area contributed by atoms with Crippen LogP contribution in [0.2, 0.25) is 0 Å². The molecular formula is C21H32BNO7. The van der Waals surface area contributed by atoms with Gasteiger partial charge in [-0.3, -0.25) is 0 Å². The Bertz CT molecular complexity index is 785. The molecule has 166 valence electrons. The van der Waals surface area contributed by atoms with Gasteiger partial charge in [0.05, 0.1) is 25.4 Å². The number of amides is 1. The molecule has 0 aromatic heterocycles. The van der Waals surface area contributed by atoms with Gasteiger partial charge in [0.2, 0.25) is 0 Å². The smallest absolute Gasteiger partial charge is 0.497 e. The molecule has 0 unspecified atom stereocenters. The van der Waals surface area contributed by atoms with Crippen molar-refractivity contribution in [1.82, 2.24) is 5.32 Å². The molecule has 8 nitrogen and oxygen atoms in total. The van der Waals surface area contributed by atoms with E-state index in [1.165, 1.54) is 7.11 Å². The zero-order valence-electron chi connectivity index (χ0n) is 19.2. The van der Waals surface area contributed by atoms with Crippen molar-refractivity contribution in [3.05, 3.63) is 23.8 Å². The average molecular weight is 421 g/mol. The van der Waals surface area contributed by atoms with Gasteiger partial charge in [-0.25, -0.2) is 9.59 Å². The third-order valence-electron chi connectivity index (χ3n) is 5.19. The van der Waals surface area contributed by atoms with Crippen LogP contribution in [-0.4, -0.2) is 50.2 Å². The predicted molar refractivity (Wildman–Crippen MR) is 113 cm³/mol. The standard InChI is InChI=1S/C21H32BNO7/c1-19(2,3)28-18(25)23-16(17(24)27-9)13-10-11-15(26-8)14(12-13)22-29-20(4,5)21(6,7)30-22/h10-12,16H,1-9H3,(H,23,25)/t16-/m1/s1. The van der Waals surface area contributed by atoms with Crippen LogP contribution < -0.4 is 15.5 Å². The van der Waals surface area contributed by atoms with Crippen molar-refractivity contribution in [2.45, 2.75) is 71.3 Å². The fourth-order valence-electron chi connectivity index (χ4n) is 2.91. The van der Waals surface area contributed by atoms with Crippen molar-refractivity contribution in [1.29, 1.82) is 0 Å². The lowest BCUT2D eigenvalue weighted by Crippen LogP contribution is -2.41. The van der Waals surface area contributed by atoms with E-state index >= 15 is 0 Å². The van der Waals surface area contributed by atoms with Crippen LogP contribution in [0.4, 0.5) is 4.79 Å². The van der Waals surface area contributed by atoms with Gasteiger partial charge >= 0.3 is 19.2 Å². The molecule has 1 heterocycles. The molecule has 1 aliphatic heterocycles. The van der Waals surface area contributed by atoms with E-state index < -0.39 is 42.0 Å². The summed E-state index contributed by atoms with van der Waals surface area (Å²) in [5.74, 6) is -0.0935. The largest absolute Gasteiger partial charge is 0.498 e. The Balaban J connectivity index is 2.40. The molecule has 1 aromatic carbocycles. The van der Waals surface area contributed by atoms with Crippen molar-refractivity contribution in [3.8, 4) is 5.75 Å². The molecule has 0 radical (unpaired) electrons. The first-order chi connectivity index (χ1) is 13.7. The molecular weight excluding hydrogens is 389 g/mol. The number of hydrogen-bond donors (Lipinski definition) is 1. The van der Waals surface area contributed by atoms with Crippen LogP contribution in [-0.2, 0) is 23.6 Å². The van der Waals surface area contributed by atoms with Gasteiger partial charge in [0, 0.05) is 5.46 Å². The summed E-state index contributed by atoms with van der Waals surface area (Å²) in [4.78, 5) is 24.7. The molecule has 0 bridgehead atoms. The number of ether oxygens (including phenoxy) is 3. The van der Waals surface area contributed by atoms with E-state index in [0.29, 0.717) is 16.8 Å². The normalized spacial score (nSPS) is 18.5. The number of benzene rings is 1. The first kappa shape index (κ1) is 24.0. The van der Waals surface area contributed by atoms with Crippen molar-refractivity contribution >= 4 is 24.6 Å². The molecule has 1 N–H and O–H groups in total. The number of carbonyl (C=O) groups is 2. The van der Waals surface area contributed by atoms with Crippen LogP contribution in [0.15, 0.2) is 18.2 Å². The lowest BCUT2D eigenvalue weighted by Gasteiger charge is -2.32. The van der Waals surface area contributed by atoms with E-state index in [1.54, 1.807) is 46.1 Å². The minimum absolute atomic E-state index is 0.484. The number of rotatable bonds is 5. The van der Waals surface area contributed by atoms with Gasteiger partial charge in [-0.05, 0) is 60.1 Å². The highest BCUT2D eigenvalue weighted by atomic mass is 16.7. The van der Waals surface area contributed by atoms with Gasteiger partial charge < -0.3 is 28.8 Å². The number of nitrogens with one attached hydrogen (secondary N) is 1. The van der Waals surface area contributed by atoms with Crippen molar-refractivity contribution in [2.24, 2.45) is 0 Å². The van der Waals surface area contributed by atoms with Gasteiger partial charge in [0.1, 0.15) is 11.4 Å². The topological polar surface area (TPSA) is 92.3 Å². The minimum atomic E-state index is -1.07. The Morgan fingerprint density at radius 1 is 1.07 bits per heavy atom. The summed E-state index contributed by atoms with van der Waals surface area (Å²) >= 11 is 0. The third kappa shape index (κ3) is 5.26. The van der Waals surface area contributed by atoms with Crippen LogP contribution >= 0.6 is 0 Å². The van der Waals surface area contributed by atoms with Gasteiger partial charge in [-0.1, -0.05) is 12.1 Å². The molecule has 9 heteroatoms. The van der Waals surface area contributed by atoms with Crippen LogP contribution in [0.1, 0.15) is 60.1 Å². The third-order valence-corrected chi connectivity index (χ3v) is 5.19. The van der Waals surface area contributed by atoms with Crippen molar-refractivity contribution in [2.75, 3.05) is 14.2 Å². The van der Waals surface area contributed by atoms with E-state index in [-0.39, 0.29) is 0 Å². The van der Waals surface area contributed by atoms with Crippen LogP contribution in [0, 0.1) is 0 Å². The minimum Gasteiger partial charge on any atom is -0.497 e. The molecule has 30 heavy (non-hydrogen) atoms. The van der Waals surface area contributed by atoms with E-state index in [4.69, 9.17) is 23.5 Å². The Morgan fingerprint density at radius 2 is 1.63 bits per heavy atom. The summed E-state index contributed by atoms with van der Waals surface area (Å²) in [6.45, 7) is 13.0. The highest BCUT2D eigenvalue weighted by Gasteiger charge is 2.52. The molecule has 2 rings (SSSR count). The average Bonchev–Trinajstić information content (AvgIpc) is 2.84. The predicted octanol–water partition coefficient (Wildman–Crippen LogP) is 2.73. The highest BCUT2D eigenvalue weighted by Crippen LogP contribution is 2.37. The summed E-state index contributed by atoms with van der Waals surface area (Å²) in [5, 5.41) is 2.57. The summed E-state index contributed by atoms with van der Waals surface area (Å²) in [7, 11) is 2.09. The maximum Gasteiger partial charge on any atom is 0.498 e. The van der Waals surface area contributed by atoms with Gasteiger partial charge in [0.15, 0.2) is 6.04 Å². The van der Waals surface area contributed by atoms with Gasteiger partial charge in [-0.2, -0.15) is 0 Å². The van der Waals surface area contributed by atoms with Crippen LogP contribution in [0.3, 0.4) is 0 Å². The summed E-state index contributed by atoms with van der Waals surface area (Å²) in [6, 6.07) is 4.01. The number of carbonyl (C=O) groups excluding carboxylic acids is 2. The molecule has 1 saturated heterocycles. The maximum atomic E-state index is 12.4. The zero-order valence-corrected chi connectivity index (χ0v) is 19.2. The maximum absolute atomic E-state index is 12.4. The summed E-state index contributed by atoms with van der Waals surface area (Å²) in [6.07, 6.45) is -0.731. The number of hydrogen-bond acceptors (Lipinski definition) is 7. The molecule has 0 spiro atoms. The van der Waals surface area contributed by atoms with E-state index in [1.807, 2.05) is 27.7 Å². The molecule has 1 aromatic rings.